The Morgan fingerprint density at radius 1 is 1.22 bits per heavy atom. The molecule has 0 saturated heterocycles. The molecule has 0 fully saturated rings. The van der Waals surface area contributed by atoms with Crippen molar-refractivity contribution in [2.75, 3.05) is 11.1 Å². The summed E-state index contributed by atoms with van der Waals surface area (Å²) in [4.78, 5) is 23.2. The number of carbonyl (C=O) groups is 2. The van der Waals surface area contributed by atoms with Crippen LogP contribution in [-0.4, -0.2) is 22.7 Å². The molecule has 0 aliphatic carbocycles. The van der Waals surface area contributed by atoms with E-state index in [2.05, 4.69) is 5.32 Å². The number of benzene rings is 2. The summed E-state index contributed by atoms with van der Waals surface area (Å²) in [5, 5.41) is 12.5. The molecule has 23 heavy (non-hydrogen) atoms. The molecule has 0 radical (unpaired) electrons. The summed E-state index contributed by atoms with van der Waals surface area (Å²) < 4.78 is 0. The molecule has 0 atom stereocenters. The van der Waals surface area contributed by atoms with Gasteiger partial charge in [-0.25, -0.2) is 4.79 Å². The molecule has 2 aromatic carbocycles. The maximum absolute atomic E-state index is 12.0. The molecule has 2 N–H and O–H groups in total. The molecule has 0 saturated carbocycles. The van der Waals surface area contributed by atoms with Crippen LogP contribution in [0.1, 0.15) is 21.5 Å². The molecule has 1 amide bonds. The summed E-state index contributed by atoms with van der Waals surface area (Å²) in [6, 6.07) is 12.4. The number of hydrogen-bond donors (Lipinski definition) is 2. The highest BCUT2D eigenvalue weighted by Gasteiger charge is 2.13. The summed E-state index contributed by atoms with van der Waals surface area (Å²) in [6.45, 7) is 1.80. The Morgan fingerprint density at radius 2 is 1.96 bits per heavy atom. The molecule has 0 heterocycles. The Morgan fingerprint density at radius 3 is 2.65 bits per heavy atom. The van der Waals surface area contributed by atoms with Gasteiger partial charge in [0.2, 0.25) is 5.91 Å². The van der Waals surface area contributed by atoms with Crippen molar-refractivity contribution >= 4 is 40.9 Å². The molecular weight excluding hydrogens is 334 g/mol. The Labute approximate surface area is 143 Å². The number of anilines is 1. The molecule has 2 rings (SSSR count). The third-order valence-corrected chi connectivity index (χ3v) is 4.48. The van der Waals surface area contributed by atoms with Crippen molar-refractivity contribution in [1.82, 2.24) is 0 Å². The summed E-state index contributed by atoms with van der Waals surface area (Å²) >= 11 is 7.48. The molecule has 120 valence electrons. The van der Waals surface area contributed by atoms with Crippen LogP contribution < -0.4 is 5.32 Å². The maximum Gasteiger partial charge on any atom is 0.337 e. The van der Waals surface area contributed by atoms with Gasteiger partial charge in [0.05, 0.1) is 17.0 Å². The van der Waals surface area contributed by atoms with Gasteiger partial charge in [-0.2, -0.15) is 0 Å². The van der Waals surface area contributed by atoms with Crippen LogP contribution in [0.5, 0.6) is 0 Å². The van der Waals surface area contributed by atoms with Gasteiger partial charge in [-0.3, -0.25) is 4.79 Å². The van der Waals surface area contributed by atoms with Crippen molar-refractivity contribution in [1.29, 1.82) is 0 Å². The quantitative estimate of drug-likeness (QED) is 0.819. The van der Waals surface area contributed by atoms with Gasteiger partial charge in [-0.05, 0) is 30.7 Å². The van der Waals surface area contributed by atoms with Crippen LogP contribution in [0.3, 0.4) is 0 Å². The Balaban J connectivity index is 1.93. The number of aryl methyl sites for hydroxylation is 1. The highest BCUT2D eigenvalue weighted by Crippen LogP contribution is 2.22. The van der Waals surface area contributed by atoms with E-state index in [-0.39, 0.29) is 17.2 Å². The molecule has 0 aromatic heterocycles. The van der Waals surface area contributed by atoms with Crippen LogP contribution in [0.2, 0.25) is 5.02 Å². The zero-order valence-electron chi connectivity index (χ0n) is 12.5. The second-order valence-electron chi connectivity index (χ2n) is 4.99. The van der Waals surface area contributed by atoms with Crippen molar-refractivity contribution in [3.8, 4) is 0 Å². The summed E-state index contributed by atoms with van der Waals surface area (Å²) in [5.74, 6) is -0.466. The molecule has 0 bridgehead atoms. The highest BCUT2D eigenvalue weighted by atomic mass is 35.5. The van der Waals surface area contributed by atoms with Gasteiger partial charge in [0.1, 0.15) is 0 Å². The largest absolute Gasteiger partial charge is 0.478 e. The van der Waals surface area contributed by atoms with Crippen molar-refractivity contribution in [3.63, 3.8) is 0 Å². The maximum atomic E-state index is 12.0. The zero-order valence-corrected chi connectivity index (χ0v) is 14.1. The minimum atomic E-state index is -1.06. The van der Waals surface area contributed by atoms with Crippen LogP contribution in [0.25, 0.3) is 0 Å². The van der Waals surface area contributed by atoms with Crippen LogP contribution in [0, 0.1) is 6.92 Å². The number of aromatic carboxylic acids is 1. The van der Waals surface area contributed by atoms with E-state index in [9.17, 15) is 14.7 Å². The number of carboxylic acids is 1. The second kappa shape index (κ2) is 8.04. The van der Waals surface area contributed by atoms with Crippen molar-refractivity contribution < 1.29 is 14.7 Å². The average Bonchev–Trinajstić information content (AvgIpc) is 2.51. The van der Waals surface area contributed by atoms with Gasteiger partial charge in [0.25, 0.3) is 0 Å². The number of thioether (sulfide) groups is 1. The third-order valence-electron chi connectivity index (χ3n) is 3.13. The Hall–Kier alpha value is -1.98. The topological polar surface area (TPSA) is 66.4 Å². The van der Waals surface area contributed by atoms with Crippen molar-refractivity contribution in [2.24, 2.45) is 0 Å². The van der Waals surface area contributed by atoms with Crippen LogP contribution in [0.15, 0.2) is 42.5 Å². The van der Waals surface area contributed by atoms with Gasteiger partial charge in [0.15, 0.2) is 0 Å². The van der Waals surface area contributed by atoms with E-state index in [1.807, 2.05) is 24.3 Å². The second-order valence-corrected chi connectivity index (χ2v) is 6.38. The number of halogens is 1. The SMILES string of the molecule is Cc1ccc(NC(=O)CSCc2ccccc2Cl)c(C(=O)O)c1. The van der Waals surface area contributed by atoms with Gasteiger partial charge in [0, 0.05) is 10.8 Å². The predicted molar refractivity (Wildman–Crippen MR) is 94.4 cm³/mol. The standard InChI is InChI=1S/C17H16ClNO3S/c1-11-6-7-15(13(8-11)17(21)22)19-16(20)10-23-9-12-4-2-3-5-14(12)18/h2-8H,9-10H2,1H3,(H,19,20)(H,21,22). The molecule has 2 aromatic rings. The fourth-order valence-electron chi connectivity index (χ4n) is 2.00. The predicted octanol–water partition coefficient (Wildman–Crippen LogP) is 4.22. The van der Waals surface area contributed by atoms with E-state index in [1.165, 1.54) is 17.8 Å². The molecular formula is C17H16ClNO3S. The molecule has 0 spiro atoms. The first kappa shape index (κ1) is 17.4. The van der Waals surface area contributed by atoms with E-state index in [4.69, 9.17) is 11.6 Å². The normalized spacial score (nSPS) is 10.3. The number of carboxylic acid groups (broad SMARTS) is 1. The lowest BCUT2D eigenvalue weighted by Gasteiger charge is -2.09. The lowest BCUT2D eigenvalue weighted by molar-refractivity contribution is -0.113. The highest BCUT2D eigenvalue weighted by molar-refractivity contribution is 7.99. The van der Waals surface area contributed by atoms with Gasteiger partial charge in [-0.15, -0.1) is 11.8 Å². The van der Waals surface area contributed by atoms with Gasteiger partial charge in [-0.1, -0.05) is 41.4 Å². The van der Waals surface area contributed by atoms with E-state index in [0.717, 1.165) is 11.1 Å². The first-order chi connectivity index (χ1) is 11.0. The molecule has 0 unspecified atom stereocenters. The minimum absolute atomic E-state index is 0.0921. The van der Waals surface area contributed by atoms with Crippen LogP contribution in [0.4, 0.5) is 5.69 Å². The number of carbonyl (C=O) groups excluding carboxylic acids is 1. The molecule has 0 aliphatic rings. The van der Waals surface area contributed by atoms with Gasteiger partial charge >= 0.3 is 5.97 Å². The summed E-state index contributed by atoms with van der Waals surface area (Å²) in [5.41, 5.74) is 2.20. The fraction of sp³-hybridized carbons (Fsp3) is 0.176. The lowest BCUT2D eigenvalue weighted by atomic mass is 10.1. The Bertz CT molecular complexity index is 734. The number of hydrogen-bond acceptors (Lipinski definition) is 3. The first-order valence-electron chi connectivity index (χ1n) is 6.92. The number of rotatable bonds is 6. The molecule has 6 heteroatoms. The van der Waals surface area contributed by atoms with E-state index < -0.39 is 5.97 Å². The van der Waals surface area contributed by atoms with E-state index >= 15 is 0 Å². The zero-order chi connectivity index (χ0) is 16.8. The summed E-state index contributed by atoms with van der Waals surface area (Å²) in [7, 11) is 0. The average molecular weight is 350 g/mol. The molecule has 0 aliphatic heterocycles. The fourth-order valence-corrected chi connectivity index (χ4v) is 3.11. The van der Waals surface area contributed by atoms with Crippen molar-refractivity contribution in [3.05, 3.63) is 64.2 Å². The summed E-state index contributed by atoms with van der Waals surface area (Å²) in [6.07, 6.45) is 0. The van der Waals surface area contributed by atoms with E-state index in [0.29, 0.717) is 16.5 Å². The molecule has 4 nitrogen and oxygen atoms in total. The van der Waals surface area contributed by atoms with Crippen molar-refractivity contribution in [2.45, 2.75) is 12.7 Å². The first-order valence-corrected chi connectivity index (χ1v) is 8.45. The Kier molecular flexibility index (Phi) is 6.07. The van der Waals surface area contributed by atoms with Crippen LogP contribution >= 0.6 is 23.4 Å². The smallest absolute Gasteiger partial charge is 0.337 e. The minimum Gasteiger partial charge on any atom is -0.478 e. The monoisotopic (exact) mass is 349 g/mol. The number of nitrogens with one attached hydrogen (secondary N) is 1. The lowest BCUT2D eigenvalue weighted by Crippen LogP contribution is -2.16. The third kappa shape index (κ3) is 5.01. The number of amides is 1. The van der Waals surface area contributed by atoms with Gasteiger partial charge < -0.3 is 10.4 Å². The van der Waals surface area contributed by atoms with E-state index in [1.54, 1.807) is 19.1 Å². The van der Waals surface area contributed by atoms with Crippen LogP contribution in [-0.2, 0) is 10.5 Å².